The molecule has 0 aromatic carbocycles. The summed E-state index contributed by atoms with van der Waals surface area (Å²) in [5, 5.41) is -0.275. The van der Waals surface area contributed by atoms with Crippen LogP contribution in [0, 0.1) is 0 Å². The Hall–Kier alpha value is -0.710. The minimum absolute atomic E-state index is 0.226. The molecule has 0 heterocycles. The molecule has 5 heteroatoms. The van der Waals surface area contributed by atoms with Crippen molar-refractivity contribution in [3.8, 4) is 0 Å². The average molecular weight is 342 g/mol. The van der Waals surface area contributed by atoms with Crippen molar-refractivity contribution >= 4 is 23.6 Å². The Morgan fingerprint density at radius 3 is 1.91 bits per heavy atom. The standard InChI is InChI=1S/C18H31NO3S/c1-14(18(21)22-2)23-13-17(20)19(15-9-5-3-6-10-15)16-11-7-4-8-12-16/h14-16H,3-13H2,1-2H3. The fourth-order valence-electron chi connectivity index (χ4n) is 3.93. The van der Waals surface area contributed by atoms with Gasteiger partial charge < -0.3 is 9.64 Å². The highest BCUT2D eigenvalue weighted by Gasteiger charge is 2.32. The largest absolute Gasteiger partial charge is 0.468 e. The first kappa shape index (κ1) is 18.6. The number of hydrogen-bond acceptors (Lipinski definition) is 4. The monoisotopic (exact) mass is 341 g/mol. The summed E-state index contributed by atoms with van der Waals surface area (Å²) in [6, 6.07) is 0.849. The van der Waals surface area contributed by atoms with E-state index in [-0.39, 0.29) is 17.1 Å². The summed E-state index contributed by atoms with van der Waals surface area (Å²) in [5.74, 6) is 0.373. The number of nitrogens with zero attached hydrogens (tertiary/aromatic N) is 1. The van der Waals surface area contributed by atoms with Crippen LogP contribution in [0.3, 0.4) is 0 Å². The van der Waals surface area contributed by atoms with Crippen LogP contribution in [-0.2, 0) is 14.3 Å². The third-order valence-corrected chi connectivity index (χ3v) is 6.32. The SMILES string of the molecule is COC(=O)C(C)SCC(=O)N(C1CCCCC1)C1CCCCC1. The molecule has 2 rings (SSSR count). The molecule has 0 saturated heterocycles. The normalized spacial score (nSPS) is 21.7. The zero-order valence-electron chi connectivity index (χ0n) is 14.6. The number of rotatable bonds is 6. The van der Waals surface area contributed by atoms with E-state index in [0.29, 0.717) is 17.8 Å². The van der Waals surface area contributed by atoms with Gasteiger partial charge in [-0.05, 0) is 32.6 Å². The van der Waals surface area contributed by atoms with Gasteiger partial charge in [0.1, 0.15) is 5.25 Å². The van der Waals surface area contributed by atoms with Crippen LogP contribution in [-0.4, -0.2) is 47.0 Å². The average Bonchev–Trinajstić information content (AvgIpc) is 2.61. The van der Waals surface area contributed by atoms with Crippen LogP contribution in [0.4, 0.5) is 0 Å². The minimum Gasteiger partial charge on any atom is -0.468 e. The molecule has 1 amide bonds. The van der Waals surface area contributed by atoms with Crippen LogP contribution in [0.1, 0.15) is 71.1 Å². The molecule has 2 aliphatic rings. The topological polar surface area (TPSA) is 46.6 Å². The van der Waals surface area contributed by atoms with Gasteiger partial charge in [0.25, 0.3) is 0 Å². The molecular weight excluding hydrogens is 310 g/mol. The van der Waals surface area contributed by atoms with Crippen LogP contribution in [0.5, 0.6) is 0 Å². The molecule has 0 aromatic heterocycles. The van der Waals surface area contributed by atoms with Crippen molar-refractivity contribution in [1.29, 1.82) is 0 Å². The van der Waals surface area contributed by atoms with Gasteiger partial charge in [0.15, 0.2) is 0 Å². The van der Waals surface area contributed by atoms with E-state index in [1.54, 1.807) is 0 Å². The summed E-state index contributed by atoms with van der Waals surface area (Å²) in [6.45, 7) is 1.81. The summed E-state index contributed by atoms with van der Waals surface area (Å²) >= 11 is 1.41. The second-order valence-electron chi connectivity index (χ2n) is 6.86. The number of ether oxygens (including phenoxy) is 1. The summed E-state index contributed by atoms with van der Waals surface area (Å²) < 4.78 is 4.75. The Balaban J connectivity index is 1.97. The zero-order valence-corrected chi connectivity index (χ0v) is 15.4. The van der Waals surface area contributed by atoms with Crippen LogP contribution in [0.25, 0.3) is 0 Å². The summed E-state index contributed by atoms with van der Waals surface area (Å²) in [4.78, 5) is 26.7. The van der Waals surface area contributed by atoms with Gasteiger partial charge in [0, 0.05) is 12.1 Å². The highest BCUT2D eigenvalue weighted by Crippen LogP contribution is 2.31. The molecule has 132 valence electrons. The van der Waals surface area contributed by atoms with Gasteiger partial charge in [-0.2, -0.15) is 0 Å². The molecule has 23 heavy (non-hydrogen) atoms. The van der Waals surface area contributed by atoms with Crippen LogP contribution in [0.15, 0.2) is 0 Å². The first-order valence-electron chi connectivity index (χ1n) is 9.14. The van der Waals surface area contributed by atoms with Crippen molar-refractivity contribution in [2.75, 3.05) is 12.9 Å². The number of hydrogen-bond donors (Lipinski definition) is 0. The molecule has 2 fully saturated rings. The molecule has 1 atom stereocenters. The summed E-state index contributed by atoms with van der Waals surface area (Å²) in [6.07, 6.45) is 12.2. The number of amides is 1. The smallest absolute Gasteiger partial charge is 0.318 e. The van der Waals surface area contributed by atoms with Gasteiger partial charge in [-0.3, -0.25) is 9.59 Å². The van der Waals surface area contributed by atoms with Crippen molar-refractivity contribution < 1.29 is 14.3 Å². The van der Waals surface area contributed by atoms with Crippen molar-refractivity contribution in [3.63, 3.8) is 0 Å². The number of methoxy groups -OCH3 is 1. The van der Waals surface area contributed by atoms with Crippen molar-refractivity contribution in [1.82, 2.24) is 4.90 Å². The van der Waals surface area contributed by atoms with E-state index in [0.717, 1.165) is 25.7 Å². The van der Waals surface area contributed by atoms with Crippen LogP contribution >= 0.6 is 11.8 Å². The number of carbonyl (C=O) groups excluding carboxylic acids is 2. The molecule has 2 saturated carbocycles. The van der Waals surface area contributed by atoms with Gasteiger partial charge >= 0.3 is 5.97 Å². The minimum atomic E-state index is -0.275. The molecule has 0 N–H and O–H groups in total. The Morgan fingerprint density at radius 2 is 1.48 bits per heavy atom. The zero-order chi connectivity index (χ0) is 16.7. The van der Waals surface area contributed by atoms with Gasteiger partial charge in [-0.15, -0.1) is 11.8 Å². The van der Waals surface area contributed by atoms with Gasteiger partial charge in [0.05, 0.1) is 12.9 Å². The lowest BCUT2D eigenvalue weighted by Gasteiger charge is -2.42. The molecule has 1 unspecified atom stereocenters. The molecule has 4 nitrogen and oxygen atoms in total. The number of thioether (sulfide) groups is 1. The molecule has 0 aliphatic heterocycles. The summed E-state index contributed by atoms with van der Waals surface area (Å²) in [5.41, 5.74) is 0. The van der Waals surface area contributed by atoms with E-state index in [2.05, 4.69) is 4.90 Å². The Bertz CT molecular complexity index is 372. The number of carbonyl (C=O) groups is 2. The predicted molar refractivity (Wildman–Crippen MR) is 94.5 cm³/mol. The molecule has 0 spiro atoms. The van der Waals surface area contributed by atoms with E-state index in [4.69, 9.17) is 4.74 Å². The number of esters is 1. The fourth-order valence-corrected chi connectivity index (χ4v) is 4.70. The maximum Gasteiger partial charge on any atom is 0.318 e. The lowest BCUT2D eigenvalue weighted by Crippen LogP contribution is -2.49. The lowest BCUT2D eigenvalue weighted by atomic mass is 9.88. The van der Waals surface area contributed by atoms with Crippen LogP contribution < -0.4 is 0 Å². The van der Waals surface area contributed by atoms with E-state index in [1.807, 2.05) is 6.92 Å². The van der Waals surface area contributed by atoms with E-state index in [1.165, 1.54) is 57.4 Å². The van der Waals surface area contributed by atoms with Crippen molar-refractivity contribution in [3.05, 3.63) is 0 Å². The Labute approximate surface area is 144 Å². The van der Waals surface area contributed by atoms with Gasteiger partial charge in [-0.25, -0.2) is 0 Å². The van der Waals surface area contributed by atoms with Crippen molar-refractivity contribution in [2.24, 2.45) is 0 Å². The fraction of sp³-hybridized carbons (Fsp3) is 0.889. The van der Waals surface area contributed by atoms with Crippen LogP contribution in [0.2, 0.25) is 0 Å². The van der Waals surface area contributed by atoms with E-state index >= 15 is 0 Å². The maximum atomic E-state index is 12.9. The quantitative estimate of drug-likeness (QED) is 0.690. The Kier molecular flexibility index (Phi) is 7.74. The predicted octanol–water partition coefficient (Wildman–Crippen LogP) is 3.78. The summed E-state index contributed by atoms with van der Waals surface area (Å²) in [7, 11) is 1.40. The van der Waals surface area contributed by atoms with E-state index in [9.17, 15) is 9.59 Å². The second-order valence-corrected chi connectivity index (χ2v) is 8.19. The first-order chi connectivity index (χ1) is 11.1. The first-order valence-corrected chi connectivity index (χ1v) is 10.2. The maximum absolute atomic E-state index is 12.9. The van der Waals surface area contributed by atoms with Crippen molar-refractivity contribution in [2.45, 2.75) is 88.5 Å². The molecule has 2 aliphatic carbocycles. The van der Waals surface area contributed by atoms with Gasteiger partial charge in [0.2, 0.25) is 5.91 Å². The molecule has 0 radical (unpaired) electrons. The highest BCUT2D eigenvalue weighted by molar-refractivity contribution is 8.01. The second kappa shape index (κ2) is 9.55. The Morgan fingerprint density at radius 1 is 1.00 bits per heavy atom. The molecule has 0 aromatic rings. The highest BCUT2D eigenvalue weighted by atomic mass is 32.2. The lowest BCUT2D eigenvalue weighted by molar-refractivity contribution is -0.139. The molecular formula is C18H31NO3S. The third kappa shape index (κ3) is 5.40. The van der Waals surface area contributed by atoms with E-state index < -0.39 is 0 Å². The third-order valence-electron chi connectivity index (χ3n) is 5.21. The van der Waals surface area contributed by atoms with Gasteiger partial charge in [-0.1, -0.05) is 38.5 Å². The molecule has 0 bridgehead atoms.